The normalized spacial score (nSPS) is 10.7. The fourth-order valence-corrected chi connectivity index (χ4v) is 2.30. The molecule has 0 fully saturated rings. The van der Waals surface area contributed by atoms with Crippen molar-refractivity contribution in [1.82, 2.24) is 0 Å². The number of carboxylic acid groups (broad SMARTS) is 1. The number of amides is 1. The van der Waals surface area contributed by atoms with Crippen molar-refractivity contribution in [3.63, 3.8) is 0 Å². The molecular formula is C14H10ClNO3S. The van der Waals surface area contributed by atoms with Crippen LogP contribution < -0.4 is 5.32 Å². The molecule has 0 atom stereocenters. The number of nitrogens with one attached hydrogen (secondary N) is 1. The van der Waals surface area contributed by atoms with Gasteiger partial charge in [-0.25, -0.2) is 4.79 Å². The van der Waals surface area contributed by atoms with Gasteiger partial charge in [0.1, 0.15) is 4.88 Å². The molecule has 0 spiro atoms. The van der Waals surface area contributed by atoms with E-state index in [-0.39, 0.29) is 10.8 Å². The standard InChI is InChI=1S/C14H10ClNO3S/c15-10-4-1-9(2-5-10)3-7-12(17)16-13-8-6-11(20-13)14(18)19/h1-8H,(H,16,17)(H,18,19)/b7-3+. The number of anilines is 1. The first-order valence-electron chi connectivity index (χ1n) is 5.62. The molecule has 1 heterocycles. The summed E-state index contributed by atoms with van der Waals surface area (Å²) < 4.78 is 0. The first kappa shape index (κ1) is 14.3. The number of carbonyl (C=O) groups excluding carboxylic acids is 1. The molecule has 0 saturated heterocycles. The topological polar surface area (TPSA) is 66.4 Å². The van der Waals surface area contributed by atoms with E-state index in [1.165, 1.54) is 12.1 Å². The van der Waals surface area contributed by atoms with E-state index >= 15 is 0 Å². The summed E-state index contributed by atoms with van der Waals surface area (Å²) in [5.74, 6) is -1.33. The van der Waals surface area contributed by atoms with Crippen molar-refractivity contribution in [1.29, 1.82) is 0 Å². The van der Waals surface area contributed by atoms with Crippen LogP contribution in [0, 0.1) is 0 Å². The van der Waals surface area contributed by atoms with Crippen LogP contribution >= 0.6 is 22.9 Å². The minimum atomic E-state index is -1.01. The lowest BCUT2D eigenvalue weighted by atomic mass is 10.2. The summed E-state index contributed by atoms with van der Waals surface area (Å²) in [5, 5.41) is 12.5. The molecular weight excluding hydrogens is 298 g/mol. The average Bonchev–Trinajstić information content (AvgIpc) is 2.87. The quantitative estimate of drug-likeness (QED) is 0.845. The zero-order chi connectivity index (χ0) is 14.5. The van der Waals surface area contributed by atoms with Crippen LogP contribution in [0.15, 0.2) is 42.5 Å². The number of rotatable bonds is 4. The highest BCUT2D eigenvalue weighted by Gasteiger charge is 2.07. The van der Waals surface area contributed by atoms with Gasteiger partial charge in [-0.05, 0) is 35.9 Å². The van der Waals surface area contributed by atoms with Gasteiger partial charge in [0, 0.05) is 11.1 Å². The van der Waals surface area contributed by atoms with Crippen LogP contribution in [0.5, 0.6) is 0 Å². The summed E-state index contributed by atoms with van der Waals surface area (Å²) >= 11 is 6.77. The van der Waals surface area contributed by atoms with E-state index in [0.29, 0.717) is 10.0 Å². The summed E-state index contributed by atoms with van der Waals surface area (Å²) in [6.07, 6.45) is 3.03. The molecule has 6 heteroatoms. The first-order chi connectivity index (χ1) is 9.54. The molecule has 1 amide bonds. The van der Waals surface area contributed by atoms with E-state index in [1.807, 2.05) is 0 Å². The summed E-state index contributed by atoms with van der Waals surface area (Å²) in [4.78, 5) is 22.6. The number of carboxylic acids is 1. The fourth-order valence-electron chi connectivity index (χ4n) is 1.43. The Morgan fingerprint density at radius 2 is 1.85 bits per heavy atom. The van der Waals surface area contributed by atoms with Gasteiger partial charge in [0.05, 0.1) is 5.00 Å². The highest BCUT2D eigenvalue weighted by Crippen LogP contribution is 2.21. The van der Waals surface area contributed by atoms with Crippen molar-refractivity contribution in [2.75, 3.05) is 5.32 Å². The van der Waals surface area contributed by atoms with Crippen molar-refractivity contribution in [3.05, 3.63) is 57.9 Å². The molecule has 4 nitrogen and oxygen atoms in total. The smallest absolute Gasteiger partial charge is 0.345 e. The van der Waals surface area contributed by atoms with E-state index in [0.717, 1.165) is 16.9 Å². The summed E-state index contributed by atoms with van der Waals surface area (Å²) in [5.41, 5.74) is 0.849. The maximum atomic E-state index is 11.7. The Labute approximate surface area is 124 Å². The SMILES string of the molecule is O=C(/C=C/c1ccc(Cl)cc1)Nc1ccc(C(=O)O)s1. The third kappa shape index (κ3) is 3.94. The molecule has 20 heavy (non-hydrogen) atoms. The Morgan fingerprint density at radius 3 is 2.45 bits per heavy atom. The molecule has 0 bridgehead atoms. The van der Waals surface area contributed by atoms with E-state index in [1.54, 1.807) is 36.4 Å². The lowest BCUT2D eigenvalue weighted by molar-refractivity contribution is -0.111. The molecule has 0 saturated carbocycles. The third-order valence-corrected chi connectivity index (χ3v) is 3.60. The highest BCUT2D eigenvalue weighted by atomic mass is 35.5. The zero-order valence-corrected chi connectivity index (χ0v) is 11.7. The van der Waals surface area contributed by atoms with Crippen molar-refractivity contribution >= 4 is 45.9 Å². The zero-order valence-electron chi connectivity index (χ0n) is 10.2. The molecule has 2 N–H and O–H groups in total. The average molecular weight is 308 g/mol. The van der Waals surface area contributed by atoms with Gasteiger partial charge >= 0.3 is 5.97 Å². The fraction of sp³-hybridized carbons (Fsp3) is 0. The second-order valence-corrected chi connectivity index (χ2v) is 5.36. The largest absolute Gasteiger partial charge is 0.477 e. The van der Waals surface area contributed by atoms with Crippen LogP contribution in [0.3, 0.4) is 0 Å². The lowest BCUT2D eigenvalue weighted by Crippen LogP contribution is -2.06. The molecule has 0 aliphatic heterocycles. The van der Waals surface area contributed by atoms with Crippen molar-refractivity contribution in [3.8, 4) is 0 Å². The van der Waals surface area contributed by atoms with Crippen molar-refractivity contribution in [2.45, 2.75) is 0 Å². The summed E-state index contributed by atoms with van der Waals surface area (Å²) in [6.45, 7) is 0. The van der Waals surface area contributed by atoms with E-state index in [4.69, 9.17) is 16.7 Å². The maximum Gasteiger partial charge on any atom is 0.345 e. The molecule has 2 aromatic rings. The van der Waals surface area contributed by atoms with Gasteiger partial charge in [0.15, 0.2) is 0 Å². The van der Waals surface area contributed by atoms with E-state index in [9.17, 15) is 9.59 Å². The Hall–Kier alpha value is -2.11. The molecule has 0 aliphatic rings. The monoisotopic (exact) mass is 307 g/mol. The Balaban J connectivity index is 1.97. The van der Waals surface area contributed by atoms with Gasteiger partial charge in [-0.1, -0.05) is 23.7 Å². The van der Waals surface area contributed by atoms with Gasteiger partial charge in [0.2, 0.25) is 5.91 Å². The lowest BCUT2D eigenvalue weighted by Gasteiger charge is -1.97. The van der Waals surface area contributed by atoms with Crippen LogP contribution in [0.4, 0.5) is 5.00 Å². The molecule has 2 rings (SSSR count). The second-order valence-electron chi connectivity index (χ2n) is 3.84. The maximum absolute atomic E-state index is 11.7. The van der Waals surface area contributed by atoms with Crippen LogP contribution in [0.2, 0.25) is 5.02 Å². The number of aromatic carboxylic acids is 1. The van der Waals surface area contributed by atoms with Gasteiger partial charge in [-0.15, -0.1) is 11.3 Å². The Morgan fingerprint density at radius 1 is 1.15 bits per heavy atom. The predicted molar refractivity (Wildman–Crippen MR) is 80.4 cm³/mol. The Kier molecular flexibility index (Phi) is 4.55. The molecule has 1 aromatic heterocycles. The molecule has 1 aromatic carbocycles. The summed E-state index contributed by atoms with van der Waals surface area (Å²) in [7, 11) is 0. The van der Waals surface area contributed by atoms with Crippen LogP contribution in [-0.2, 0) is 4.79 Å². The van der Waals surface area contributed by atoms with Crippen molar-refractivity contribution < 1.29 is 14.7 Å². The molecule has 0 radical (unpaired) electrons. The number of hydrogen-bond donors (Lipinski definition) is 2. The third-order valence-electron chi connectivity index (χ3n) is 2.36. The van der Waals surface area contributed by atoms with Crippen LogP contribution in [-0.4, -0.2) is 17.0 Å². The van der Waals surface area contributed by atoms with Gasteiger partial charge < -0.3 is 10.4 Å². The van der Waals surface area contributed by atoms with Gasteiger partial charge in [-0.2, -0.15) is 0 Å². The van der Waals surface area contributed by atoms with Gasteiger partial charge in [-0.3, -0.25) is 4.79 Å². The minimum Gasteiger partial charge on any atom is -0.477 e. The van der Waals surface area contributed by atoms with Crippen molar-refractivity contribution in [2.24, 2.45) is 0 Å². The highest BCUT2D eigenvalue weighted by molar-refractivity contribution is 7.18. The van der Waals surface area contributed by atoms with E-state index in [2.05, 4.69) is 5.32 Å². The minimum absolute atomic E-state index is 0.182. The summed E-state index contributed by atoms with van der Waals surface area (Å²) in [6, 6.07) is 10.1. The predicted octanol–water partition coefficient (Wildman–Crippen LogP) is 3.75. The van der Waals surface area contributed by atoms with Crippen LogP contribution in [0.25, 0.3) is 6.08 Å². The number of hydrogen-bond acceptors (Lipinski definition) is 3. The Bertz CT molecular complexity index is 661. The van der Waals surface area contributed by atoms with Crippen LogP contribution in [0.1, 0.15) is 15.2 Å². The second kappa shape index (κ2) is 6.36. The number of benzene rings is 1. The molecule has 0 unspecified atom stereocenters. The van der Waals surface area contributed by atoms with Gasteiger partial charge in [0.25, 0.3) is 0 Å². The first-order valence-corrected chi connectivity index (χ1v) is 6.82. The number of carbonyl (C=O) groups is 2. The molecule has 0 aliphatic carbocycles. The number of thiophene rings is 1. The number of halogens is 1. The van der Waals surface area contributed by atoms with E-state index < -0.39 is 5.97 Å². The molecule has 102 valence electrons.